The fourth-order valence-electron chi connectivity index (χ4n) is 2.20. The Balaban J connectivity index is 1.76. The summed E-state index contributed by atoms with van der Waals surface area (Å²) in [6, 6.07) is 11.6. The number of aromatic carboxylic acids is 1. The van der Waals surface area contributed by atoms with E-state index < -0.39 is 11.9 Å². The Labute approximate surface area is 132 Å². The normalized spacial score (nSPS) is 12.3. The second-order valence-corrected chi connectivity index (χ2v) is 4.75. The molecule has 2 aromatic rings. The van der Waals surface area contributed by atoms with Gasteiger partial charge in [0.1, 0.15) is 0 Å². The van der Waals surface area contributed by atoms with Crippen molar-refractivity contribution in [2.75, 3.05) is 12.1 Å². The summed E-state index contributed by atoms with van der Waals surface area (Å²) < 4.78 is 10.6. The van der Waals surface area contributed by atoms with Gasteiger partial charge < -0.3 is 19.9 Å². The highest BCUT2D eigenvalue weighted by atomic mass is 16.7. The van der Waals surface area contributed by atoms with Gasteiger partial charge in [-0.05, 0) is 24.3 Å². The average molecular weight is 311 g/mol. The van der Waals surface area contributed by atoms with Crippen LogP contribution in [0, 0.1) is 0 Å². The average Bonchev–Trinajstić information content (AvgIpc) is 3.02. The smallest absolute Gasteiger partial charge is 0.337 e. The number of ether oxygens (including phenoxy) is 2. The molecule has 3 rings (SSSR count). The van der Waals surface area contributed by atoms with Crippen LogP contribution in [0.3, 0.4) is 0 Å². The number of hydrogen-bond donors (Lipinski definition) is 2. The second-order valence-electron chi connectivity index (χ2n) is 4.75. The lowest BCUT2D eigenvalue weighted by Gasteiger charge is -2.06. The first-order chi connectivity index (χ1) is 11.1. The molecule has 1 aliphatic rings. The third-order valence-electron chi connectivity index (χ3n) is 3.26. The lowest BCUT2D eigenvalue weighted by Crippen LogP contribution is -2.11. The van der Waals surface area contributed by atoms with Crippen molar-refractivity contribution in [3.63, 3.8) is 0 Å². The number of amides is 1. The zero-order valence-corrected chi connectivity index (χ0v) is 12.0. The number of anilines is 1. The van der Waals surface area contributed by atoms with E-state index in [9.17, 15) is 9.59 Å². The molecule has 0 spiro atoms. The number of carbonyl (C=O) groups is 2. The quantitative estimate of drug-likeness (QED) is 0.848. The summed E-state index contributed by atoms with van der Waals surface area (Å²) in [6.07, 6.45) is 2.90. The van der Waals surface area contributed by atoms with E-state index in [1.165, 1.54) is 18.2 Å². The number of nitrogens with one attached hydrogen (secondary N) is 1. The molecule has 0 saturated heterocycles. The van der Waals surface area contributed by atoms with Crippen molar-refractivity contribution >= 4 is 23.6 Å². The maximum Gasteiger partial charge on any atom is 0.337 e. The fraction of sp³-hybridized carbons (Fsp3) is 0.0588. The Bertz CT molecular complexity index is 797. The van der Waals surface area contributed by atoms with Crippen LogP contribution in [0.1, 0.15) is 15.9 Å². The first-order valence-corrected chi connectivity index (χ1v) is 6.85. The summed E-state index contributed by atoms with van der Waals surface area (Å²) in [5, 5.41) is 11.6. The zero-order valence-electron chi connectivity index (χ0n) is 12.0. The van der Waals surface area contributed by atoms with Crippen molar-refractivity contribution in [3.05, 3.63) is 59.7 Å². The predicted octanol–water partition coefficient (Wildman–Crippen LogP) is 2.77. The molecule has 116 valence electrons. The third kappa shape index (κ3) is 3.16. The molecule has 6 heteroatoms. The minimum atomic E-state index is -1.10. The van der Waals surface area contributed by atoms with Crippen molar-refractivity contribution in [2.45, 2.75) is 0 Å². The molecule has 6 nitrogen and oxygen atoms in total. The molecule has 0 unspecified atom stereocenters. The molecule has 0 saturated carbocycles. The minimum absolute atomic E-state index is 0.0339. The molecule has 1 aliphatic heterocycles. The van der Waals surface area contributed by atoms with Crippen molar-refractivity contribution < 1.29 is 24.2 Å². The molecule has 0 fully saturated rings. The molecule has 23 heavy (non-hydrogen) atoms. The number of carboxylic acids is 1. The van der Waals surface area contributed by atoms with E-state index in [0.717, 1.165) is 0 Å². The molecule has 2 N–H and O–H groups in total. The van der Waals surface area contributed by atoms with Crippen LogP contribution in [0.2, 0.25) is 0 Å². The van der Waals surface area contributed by atoms with E-state index in [1.54, 1.807) is 36.4 Å². The van der Waals surface area contributed by atoms with Crippen LogP contribution in [-0.4, -0.2) is 23.8 Å². The van der Waals surface area contributed by atoms with Gasteiger partial charge in [-0.1, -0.05) is 24.3 Å². The van der Waals surface area contributed by atoms with Gasteiger partial charge in [-0.2, -0.15) is 0 Å². The van der Waals surface area contributed by atoms with Crippen molar-refractivity contribution in [2.24, 2.45) is 0 Å². The Morgan fingerprint density at radius 2 is 1.91 bits per heavy atom. The van der Waals surface area contributed by atoms with E-state index in [-0.39, 0.29) is 18.0 Å². The van der Waals surface area contributed by atoms with Gasteiger partial charge in [-0.15, -0.1) is 0 Å². The Morgan fingerprint density at radius 1 is 1.09 bits per heavy atom. The van der Waals surface area contributed by atoms with Gasteiger partial charge >= 0.3 is 5.97 Å². The van der Waals surface area contributed by atoms with E-state index in [0.29, 0.717) is 17.1 Å². The van der Waals surface area contributed by atoms with Gasteiger partial charge in [0.25, 0.3) is 0 Å². The zero-order chi connectivity index (χ0) is 16.2. The van der Waals surface area contributed by atoms with Crippen LogP contribution in [-0.2, 0) is 4.79 Å². The van der Waals surface area contributed by atoms with E-state index in [1.807, 2.05) is 0 Å². The fourth-order valence-corrected chi connectivity index (χ4v) is 2.20. The van der Waals surface area contributed by atoms with Crippen LogP contribution < -0.4 is 14.8 Å². The van der Waals surface area contributed by atoms with Crippen molar-refractivity contribution in [3.8, 4) is 11.5 Å². The highest BCUT2D eigenvalue weighted by molar-refractivity contribution is 6.06. The highest BCUT2D eigenvalue weighted by Crippen LogP contribution is 2.35. The standard InChI is InChI=1S/C17H13NO5/c19-15(18-13-6-2-1-5-12(13)17(20)21)9-8-11-4-3-7-14-16(11)23-10-22-14/h1-9H,10H2,(H,18,19)(H,20,21)/b9-8+. The number of carbonyl (C=O) groups excluding carboxylic acids is 1. The van der Waals surface area contributed by atoms with Crippen LogP contribution in [0.5, 0.6) is 11.5 Å². The molecular formula is C17H13NO5. The minimum Gasteiger partial charge on any atom is -0.478 e. The summed E-state index contributed by atoms with van der Waals surface area (Å²) in [6.45, 7) is 0.151. The molecule has 0 bridgehead atoms. The summed E-state index contributed by atoms with van der Waals surface area (Å²) in [7, 11) is 0. The predicted molar refractivity (Wildman–Crippen MR) is 83.6 cm³/mol. The van der Waals surface area contributed by atoms with E-state index in [2.05, 4.69) is 5.32 Å². The monoisotopic (exact) mass is 311 g/mol. The number of rotatable bonds is 4. The van der Waals surface area contributed by atoms with E-state index >= 15 is 0 Å². The molecule has 1 heterocycles. The molecule has 0 atom stereocenters. The lowest BCUT2D eigenvalue weighted by atomic mass is 10.1. The number of fused-ring (bicyclic) bond motifs is 1. The van der Waals surface area contributed by atoms with Crippen LogP contribution >= 0.6 is 0 Å². The highest BCUT2D eigenvalue weighted by Gasteiger charge is 2.16. The van der Waals surface area contributed by atoms with Gasteiger partial charge in [0.05, 0.1) is 11.3 Å². The van der Waals surface area contributed by atoms with Gasteiger partial charge in [0.2, 0.25) is 12.7 Å². The Morgan fingerprint density at radius 3 is 2.74 bits per heavy atom. The van der Waals surface area contributed by atoms with Crippen LogP contribution in [0.25, 0.3) is 6.08 Å². The summed E-state index contributed by atoms with van der Waals surface area (Å²) in [4.78, 5) is 23.1. The summed E-state index contributed by atoms with van der Waals surface area (Å²) in [5.74, 6) is -0.321. The van der Waals surface area contributed by atoms with Crippen molar-refractivity contribution in [1.29, 1.82) is 0 Å². The summed E-state index contributed by atoms with van der Waals surface area (Å²) >= 11 is 0. The van der Waals surface area contributed by atoms with Crippen LogP contribution in [0.4, 0.5) is 5.69 Å². The number of benzene rings is 2. The largest absolute Gasteiger partial charge is 0.478 e. The summed E-state index contributed by atoms with van der Waals surface area (Å²) in [5.41, 5.74) is 0.987. The van der Waals surface area contributed by atoms with Gasteiger partial charge in [0, 0.05) is 11.6 Å². The number of hydrogen-bond acceptors (Lipinski definition) is 4. The maximum absolute atomic E-state index is 12.0. The number of carboxylic acid groups (broad SMARTS) is 1. The molecule has 0 aromatic heterocycles. The Hall–Kier alpha value is -3.28. The molecule has 0 radical (unpaired) electrons. The van der Waals surface area contributed by atoms with Gasteiger partial charge in [-0.25, -0.2) is 4.79 Å². The van der Waals surface area contributed by atoms with Gasteiger partial charge in [-0.3, -0.25) is 4.79 Å². The molecule has 1 amide bonds. The first-order valence-electron chi connectivity index (χ1n) is 6.85. The first kappa shape index (κ1) is 14.6. The van der Waals surface area contributed by atoms with Crippen molar-refractivity contribution in [1.82, 2.24) is 0 Å². The second kappa shape index (κ2) is 6.23. The number of para-hydroxylation sites is 2. The SMILES string of the molecule is O=C(/C=C/c1cccc2c1OCO2)Nc1ccccc1C(=O)O. The third-order valence-corrected chi connectivity index (χ3v) is 3.26. The molecule has 0 aliphatic carbocycles. The maximum atomic E-state index is 12.0. The Kier molecular flexibility index (Phi) is 3.97. The van der Waals surface area contributed by atoms with Gasteiger partial charge in [0.15, 0.2) is 11.5 Å². The lowest BCUT2D eigenvalue weighted by molar-refractivity contribution is -0.111. The van der Waals surface area contributed by atoms with E-state index in [4.69, 9.17) is 14.6 Å². The molecule has 2 aromatic carbocycles. The molecular weight excluding hydrogens is 298 g/mol. The van der Waals surface area contributed by atoms with Crippen LogP contribution in [0.15, 0.2) is 48.5 Å². The topological polar surface area (TPSA) is 84.9 Å².